The number of benzene rings is 3. The summed E-state index contributed by atoms with van der Waals surface area (Å²) in [7, 11) is 3.24. The van der Waals surface area contributed by atoms with Crippen molar-refractivity contribution in [2.45, 2.75) is 0 Å². The zero-order valence-electron chi connectivity index (χ0n) is 16.5. The van der Waals surface area contributed by atoms with Crippen LogP contribution in [0.1, 0.15) is 11.1 Å². The summed E-state index contributed by atoms with van der Waals surface area (Å²) in [6.07, 6.45) is 1.78. The smallest absolute Gasteiger partial charge is 0.282 e. The van der Waals surface area contributed by atoms with Crippen LogP contribution in [-0.4, -0.2) is 26.0 Å². The quantitative estimate of drug-likeness (QED) is 0.483. The molecule has 0 saturated heterocycles. The zero-order chi connectivity index (χ0) is 21.1. The van der Waals surface area contributed by atoms with Gasteiger partial charge in [0.1, 0.15) is 23.0 Å². The van der Waals surface area contributed by atoms with Gasteiger partial charge in [-0.1, -0.05) is 34.1 Å². The molecule has 0 N–H and O–H groups in total. The molecule has 0 aromatic heterocycles. The maximum Gasteiger partial charge on any atom is 0.282 e. The predicted octanol–water partition coefficient (Wildman–Crippen LogP) is 5.30. The normalized spacial score (nSPS) is 14.8. The highest BCUT2D eigenvalue weighted by Gasteiger charge is 2.32. The Morgan fingerprint density at radius 1 is 0.900 bits per heavy atom. The van der Waals surface area contributed by atoms with Crippen LogP contribution in [0, 0.1) is 0 Å². The summed E-state index contributed by atoms with van der Waals surface area (Å²) in [5.41, 5.74) is 2.79. The number of carbonyl (C=O) groups excluding carboxylic acids is 1. The molecule has 4 rings (SSSR count). The molecule has 150 valence electrons. The third-order valence-electron chi connectivity index (χ3n) is 4.69. The van der Waals surface area contributed by atoms with Gasteiger partial charge in [-0.25, -0.2) is 4.99 Å². The molecule has 0 aliphatic carbocycles. The van der Waals surface area contributed by atoms with Gasteiger partial charge in [0.25, 0.3) is 5.91 Å². The lowest BCUT2D eigenvalue weighted by atomic mass is 10.1. The van der Waals surface area contributed by atoms with Crippen molar-refractivity contribution in [2.75, 3.05) is 19.1 Å². The second-order valence-electron chi connectivity index (χ2n) is 6.59. The number of hydrogen-bond donors (Lipinski definition) is 0. The summed E-state index contributed by atoms with van der Waals surface area (Å²) in [6, 6.07) is 22.6. The Balaban J connectivity index is 1.79. The fourth-order valence-corrected chi connectivity index (χ4v) is 3.55. The van der Waals surface area contributed by atoms with Crippen LogP contribution in [0.2, 0.25) is 0 Å². The Kier molecular flexibility index (Phi) is 5.68. The van der Waals surface area contributed by atoms with Crippen molar-refractivity contribution in [1.29, 1.82) is 0 Å². The number of ether oxygens (including phenoxy) is 2. The molecule has 1 amide bonds. The van der Waals surface area contributed by atoms with Crippen molar-refractivity contribution >= 4 is 39.4 Å². The minimum absolute atomic E-state index is 0.185. The maximum atomic E-state index is 13.3. The molecule has 0 radical (unpaired) electrons. The van der Waals surface area contributed by atoms with Gasteiger partial charge in [-0.2, -0.15) is 0 Å². The minimum Gasteiger partial charge on any atom is -0.497 e. The minimum atomic E-state index is -0.185. The Morgan fingerprint density at radius 2 is 1.53 bits per heavy atom. The van der Waals surface area contributed by atoms with Gasteiger partial charge < -0.3 is 9.47 Å². The summed E-state index contributed by atoms with van der Waals surface area (Å²) in [5, 5.41) is 0. The van der Waals surface area contributed by atoms with Crippen molar-refractivity contribution in [3.63, 3.8) is 0 Å². The van der Waals surface area contributed by atoms with Crippen LogP contribution in [0.4, 0.5) is 5.69 Å². The molecule has 0 bridgehead atoms. The van der Waals surface area contributed by atoms with Crippen molar-refractivity contribution < 1.29 is 14.3 Å². The van der Waals surface area contributed by atoms with Gasteiger partial charge in [-0.05, 0) is 66.2 Å². The molecule has 5 nitrogen and oxygen atoms in total. The molecule has 3 aromatic carbocycles. The van der Waals surface area contributed by atoms with Crippen molar-refractivity contribution in [2.24, 2.45) is 4.99 Å². The van der Waals surface area contributed by atoms with E-state index in [2.05, 4.69) is 20.9 Å². The lowest BCUT2D eigenvalue weighted by molar-refractivity contribution is -0.113. The van der Waals surface area contributed by atoms with E-state index in [1.165, 1.54) is 0 Å². The molecular weight excluding hydrogens is 444 g/mol. The number of rotatable bonds is 5. The summed E-state index contributed by atoms with van der Waals surface area (Å²) >= 11 is 3.49. The van der Waals surface area contributed by atoms with Crippen LogP contribution >= 0.6 is 15.9 Å². The average molecular weight is 463 g/mol. The maximum absolute atomic E-state index is 13.3. The third kappa shape index (κ3) is 4.00. The molecule has 0 fully saturated rings. The van der Waals surface area contributed by atoms with Crippen LogP contribution in [0.15, 0.2) is 88.0 Å². The number of halogens is 1. The highest BCUT2D eigenvalue weighted by molar-refractivity contribution is 9.10. The molecular formula is C24H19BrN2O3. The SMILES string of the molecule is COc1ccc(/C=C2/N=C(c3ccc(OC)cc3)N(c3cccc(Br)c3)C2=O)cc1. The van der Waals surface area contributed by atoms with E-state index in [0.717, 1.165) is 32.8 Å². The van der Waals surface area contributed by atoms with Gasteiger partial charge in [-0.15, -0.1) is 0 Å². The number of anilines is 1. The molecule has 30 heavy (non-hydrogen) atoms. The Labute approximate surface area is 183 Å². The van der Waals surface area contributed by atoms with Crippen LogP contribution in [-0.2, 0) is 4.79 Å². The van der Waals surface area contributed by atoms with E-state index in [-0.39, 0.29) is 5.91 Å². The van der Waals surface area contributed by atoms with Gasteiger partial charge in [0.05, 0.1) is 19.9 Å². The Bertz CT molecular complexity index is 1140. The summed E-state index contributed by atoms with van der Waals surface area (Å²) in [5.74, 6) is 1.88. The van der Waals surface area contributed by atoms with Crippen LogP contribution in [0.25, 0.3) is 6.08 Å². The van der Waals surface area contributed by atoms with E-state index in [0.29, 0.717) is 11.5 Å². The van der Waals surface area contributed by atoms with E-state index in [4.69, 9.17) is 9.47 Å². The van der Waals surface area contributed by atoms with Gasteiger partial charge >= 0.3 is 0 Å². The fraction of sp³-hybridized carbons (Fsp3) is 0.0833. The van der Waals surface area contributed by atoms with Gasteiger partial charge in [0.2, 0.25) is 0 Å². The third-order valence-corrected chi connectivity index (χ3v) is 5.19. The van der Waals surface area contributed by atoms with E-state index < -0.39 is 0 Å². The largest absolute Gasteiger partial charge is 0.497 e. The first kappa shape index (κ1) is 19.9. The zero-order valence-corrected chi connectivity index (χ0v) is 18.1. The van der Waals surface area contributed by atoms with Crippen LogP contribution < -0.4 is 14.4 Å². The lowest BCUT2D eigenvalue weighted by Crippen LogP contribution is -2.32. The number of carbonyl (C=O) groups is 1. The van der Waals surface area contributed by atoms with Crippen molar-refractivity contribution in [3.8, 4) is 11.5 Å². The molecule has 0 unspecified atom stereocenters. The first-order chi connectivity index (χ1) is 14.6. The van der Waals surface area contributed by atoms with E-state index in [9.17, 15) is 4.79 Å². The molecule has 3 aromatic rings. The summed E-state index contributed by atoms with van der Waals surface area (Å²) in [6.45, 7) is 0. The van der Waals surface area contributed by atoms with Gasteiger partial charge in [0, 0.05) is 10.0 Å². The van der Waals surface area contributed by atoms with E-state index in [1.54, 1.807) is 25.2 Å². The summed E-state index contributed by atoms with van der Waals surface area (Å²) < 4.78 is 11.3. The monoisotopic (exact) mass is 462 g/mol. The molecule has 6 heteroatoms. The predicted molar refractivity (Wildman–Crippen MR) is 122 cm³/mol. The molecule has 1 aliphatic heterocycles. The average Bonchev–Trinajstić information content (AvgIpc) is 3.10. The number of nitrogens with zero attached hydrogens (tertiary/aromatic N) is 2. The molecule has 1 aliphatic rings. The van der Waals surface area contributed by atoms with Crippen LogP contribution in [0.3, 0.4) is 0 Å². The molecule has 0 atom stereocenters. The van der Waals surface area contributed by atoms with Gasteiger partial charge in [0.15, 0.2) is 0 Å². The highest BCUT2D eigenvalue weighted by atomic mass is 79.9. The number of hydrogen-bond acceptors (Lipinski definition) is 4. The number of amides is 1. The first-order valence-electron chi connectivity index (χ1n) is 9.28. The van der Waals surface area contributed by atoms with Crippen LogP contribution in [0.5, 0.6) is 11.5 Å². The lowest BCUT2D eigenvalue weighted by Gasteiger charge is -2.19. The van der Waals surface area contributed by atoms with Gasteiger partial charge in [-0.3, -0.25) is 9.69 Å². The Hall–Kier alpha value is -3.38. The number of amidine groups is 1. The second kappa shape index (κ2) is 8.55. The number of methoxy groups -OCH3 is 2. The topological polar surface area (TPSA) is 51.1 Å². The van der Waals surface area contributed by atoms with E-state index in [1.807, 2.05) is 72.8 Å². The number of aliphatic imine (C=N–C) groups is 1. The van der Waals surface area contributed by atoms with Crippen molar-refractivity contribution in [3.05, 3.63) is 94.1 Å². The molecule has 1 heterocycles. The summed E-state index contributed by atoms with van der Waals surface area (Å²) in [4.78, 5) is 19.6. The first-order valence-corrected chi connectivity index (χ1v) is 10.1. The molecule has 0 spiro atoms. The fourth-order valence-electron chi connectivity index (χ4n) is 3.16. The van der Waals surface area contributed by atoms with E-state index >= 15 is 0 Å². The highest BCUT2D eigenvalue weighted by Crippen LogP contribution is 2.30. The van der Waals surface area contributed by atoms with Crippen molar-refractivity contribution in [1.82, 2.24) is 0 Å². The molecule has 0 saturated carbocycles. The standard InChI is InChI=1S/C24H19BrN2O3/c1-29-20-10-6-16(7-11-20)14-22-24(28)27(19-5-3-4-18(25)15-19)23(26-22)17-8-12-21(30-2)13-9-17/h3-15H,1-2H3/b22-14+. The Morgan fingerprint density at radius 3 is 2.13 bits per heavy atom. The second-order valence-corrected chi connectivity index (χ2v) is 7.50.